The van der Waals surface area contributed by atoms with E-state index in [-0.39, 0.29) is 0 Å². The fourth-order valence-electron chi connectivity index (χ4n) is 9.12. The summed E-state index contributed by atoms with van der Waals surface area (Å²) in [5.74, 6) is 0.520. The minimum atomic E-state index is 0.394. The molecule has 0 amide bonds. The third kappa shape index (κ3) is 7.83. The largest absolute Gasteiger partial charge is 0.310 e. The van der Waals surface area contributed by atoms with Gasteiger partial charge in [0.15, 0.2) is 5.82 Å². The molecule has 8 nitrogen and oxygen atoms in total. The molecule has 11 aromatic rings. The van der Waals surface area contributed by atoms with Crippen LogP contribution in [-0.4, -0.2) is 14.5 Å². The first-order valence-corrected chi connectivity index (χ1v) is 22.5. The van der Waals surface area contributed by atoms with Crippen LogP contribution in [0.15, 0.2) is 218 Å². The number of para-hydroxylation sites is 3. The summed E-state index contributed by atoms with van der Waals surface area (Å²) < 4.78 is 2.06. The fraction of sp³-hybridized carbons (Fsp3) is 0. The number of rotatable bonds is 9. The Morgan fingerprint density at radius 1 is 0.343 bits per heavy atom. The predicted octanol–water partition coefficient (Wildman–Crippen LogP) is 14.9. The van der Waals surface area contributed by atoms with Crippen LogP contribution in [0.25, 0.3) is 83.6 Å². The van der Waals surface area contributed by atoms with E-state index in [1.54, 1.807) is 24.3 Å². The van der Waals surface area contributed by atoms with Crippen LogP contribution in [0.2, 0.25) is 0 Å². The van der Waals surface area contributed by atoms with Gasteiger partial charge in [0.1, 0.15) is 12.1 Å². The van der Waals surface area contributed by atoms with E-state index in [0.29, 0.717) is 39.5 Å². The molecule has 0 atom stereocenters. The molecule has 70 heavy (non-hydrogen) atoms. The van der Waals surface area contributed by atoms with Crippen molar-refractivity contribution in [2.45, 2.75) is 0 Å². The zero-order valence-electron chi connectivity index (χ0n) is 37.4. The average Bonchev–Trinajstić information content (AvgIpc) is 3.76. The summed E-state index contributed by atoms with van der Waals surface area (Å²) in [5, 5.41) is 42.3. The zero-order valence-corrected chi connectivity index (χ0v) is 37.4. The van der Waals surface area contributed by atoms with E-state index in [1.807, 2.05) is 133 Å². The molecule has 2 aromatic heterocycles. The van der Waals surface area contributed by atoms with E-state index >= 15 is 0 Å². The van der Waals surface area contributed by atoms with Crippen LogP contribution in [0.4, 0.5) is 17.1 Å². The van der Waals surface area contributed by atoms with Crippen molar-refractivity contribution in [1.82, 2.24) is 14.5 Å². The lowest BCUT2D eigenvalue weighted by Crippen LogP contribution is -2.09. The third-order valence-electron chi connectivity index (χ3n) is 12.6. The maximum Gasteiger partial charge on any atom is 0.160 e. The van der Waals surface area contributed by atoms with Crippen molar-refractivity contribution in [2.24, 2.45) is 0 Å². The molecule has 0 bridgehead atoms. The van der Waals surface area contributed by atoms with Gasteiger partial charge in [-0.25, -0.2) is 9.97 Å². The molecule has 0 saturated carbocycles. The van der Waals surface area contributed by atoms with Gasteiger partial charge in [0.05, 0.1) is 62.5 Å². The standard InChI is InChI=1S/C62H36N8/c63-37-41-15-19-46(20-16-41)57-36-58(68-62(67-57)48-21-17-42(38-64)18-22-48)47-29-27-44(28-30-47)43-23-25-45(26-24-43)49-33-50(39-65)61(51(34-49)40-66)70-59-14-8-7-13-55(59)56-35-54(31-32-60(56)70)69(52-9-3-1-4-10-52)53-11-5-2-6-12-53/h1-36H. The minimum absolute atomic E-state index is 0.394. The highest BCUT2D eigenvalue weighted by atomic mass is 15.1. The molecule has 0 radical (unpaired) electrons. The monoisotopic (exact) mass is 892 g/mol. The van der Waals surface area contributed by atoms with E-state index in [4.69, 9.17) is 9.97 Å². The first-order valence-electron chi connectivity index (χ1n) is 22.5. The highest BCUT2D eigenvalue weighted by Crippen LogP contribution is 2.41. The molecule has 0 unspecified atom stereocenters. The van der Waals surface area contributed by atoms with Crippen molar-refractivity contribution >= 4 is 38.9 Å². The smallest absolute Gasteiger partial charge is 0.160 e. The molecule has 0 fully saturated rings. The summed E-state index contributed by atoms with van der Waals surface area (Å²) in [5.41, 5.74) is 14.9. The summed E-state index contributed by atoms with van der Waals surface area (Å²) in [6.07, 6.45) is 0. The van der Waals surface area contributed by atoms with Gasteiger partial charge in [0.2, 0.25) is 0 Å². The van der Waals surface area contributed by atoms with Crippen molar-refractivity contribution in [3.63, 3.8) is 0 Å². The van der Waals surface area contributed by atoms with Crippen LogP contribution in [-0.2, 0) is 0 Å². The van der Waals surface area contributed by atoms with Crippen molar-refractivity contribution in [1.29, 1.82) is 21.0 Å². The highest BCUT2D eigenvalue weighted by Gasteiger charge is 2.22. The van der Waals surface area contributed by atoms with E-state index in [9.17, 15) is 21.0 Å². The maximum atomic E-state index is 10.8. The molecular formula is C62H36N8. The Bertz CT molecular complexity index is 3790. The van der Waals surface area contributed by atoms with Crippen LogP contribution in [0.1, 0.15) is 22.3 Å². The van der Waals surface area contributed by atoms with Crippen LogP contribution in [0, 0.1) is 45.3 Å². The van der Waals surface area contributed by atoms with Gasteiger partial charge in [-0.15, -0.1) is 0 Å². The van der Waals surface area contributed by atoms with Crippen molar-refractivity contribution in [3.05, 3.63) is 241 Å². The topological polar surface area (TPSA) is 129 Å². The van der Waals surface area contributed by atoms with Crippen LogP contribution in [0.5, 0.6) is 0 Å². The zero-order chi connectivity index (χ0) is 47.6. The Kier molecular flexibility index (Phi) is 10.9. The van der Waals surface area contributed by atoms with E-state index in [2.05, 4.69) is 94.4 Å². The average molecular weight is 893 g/mol. The van der Waals surface area contributed by atoms with Crippen molar-refractivity contribution < 1.29 is 0 Å². The molecule has 0 aliphatic carbocycles. The van der Waals surface area contributed by atoms with Gasteiger partial charge in [-0.05, 0) is 125 Å². The molecule has 0 aliphatic rings. The Hall–Kier alpha value is -10.4. The van der Waals surface area contributed by atoms with E-state index in [1.165, 1.54) is 0 Å². The molecule has 0 spiro atoms. The summed E-state index contributed by atoms with van der Waals surface area (Å²) in [6, 6.07) is 80.8. The van der Waals surface area contributed by atoms with Crippen LogP contribution >= 0.6 is 0 Å². The Balaban J connectivity index is 0.923. The van der Waals surface area contributed by atoms with Gasteiger partial charge in [-0.1, -0.05) is 115 Å². The molecule has 11 rings (SSSR count). The third-order valence-corrected chi connectivity index (χ3v) is 12.6. The van der Waals surface area contributed by atoms with Gasteiger partial charge in [0, 0.05) is 44.5 Å². The molecule has 0 saturated heterocycles. The molecule has 9 aromatic carbocycles. The molecule has 8 heteroatoms. The van der Waals surface area contributed by atoms with Crippen LogP contribution in [0.3, 0.4) is 0 Å². The summed E-state index contributed by atoms with van der Waals surface area (Å²) in [4.78, 5) is 12.1. The Morgan fingerprint density at radius 3 is 1.30 bits per heavy atom. The number of nitriles is 4. The van der Waals surface area contributed by atoms with Gasteiger partial charge in [0.25, 0.3) is 0 Å². The molecule has 0 aliphatic heterocycles. The summed E-state index contributed by atoms with van der Waals surface area (Å²) >= 11 is 0. The minimum Gasteiger partial charge on any atom is -0.310 e. The molecule has 0 N–H and O–H groups in total. The Labute approximate surface area is 404 Å². The van der Waals surface area contributed by atoms with Gasteiger partial charge >= 0.3 is 0 Å². The highest BCUT2D eigenvalue weighted by molar-refractivity contribution is 6.11. The number of hydrogen-bond donors (Lipinski definition) is 0. The fourth-order valence-corrected chi connectivity index (χ4v) is 9.12. The predicted molar refractivity (Wildman–Crippen MR) is 277 cm³/mol. The van der Waals surface area contributed by atoms with Crippen molar-refractivity contribution in [3.8, 4) is 86.1 Å². The van der Waals surface area contributed by atoms with Gasteiger partial charge in [-0.3, -0.25) is 0 Å². The molecule has 324 valence electrons. The maximum absolute atomic E-state index is 10.8. The van der Waals surface area contributed by atoms with E-state index in [0.717, 1.165) is 83.5 Å². The van der Waals surface area contributed by atoms with Gasteiger partial charge < -0.3 is 9.47 Å². The number of fused-ring (bicyclic) bond motifs is 3. The second-order valence-corrected chi connectivity index (χ2v) is 16.7. The second-order valence-electron chi connectivity index (χ2n) is 16.7. The lowest BCUT2D eigenvalue weighted by atomic mass is 9.95. The number of anilines is 3. The Morgan fingerprint density at radius 2 is 0.786 bits per heavy atom. The number of hydrogen-bond acceptors (Lipinski definition) is 7. The lowest BCUT2D eigenvalue weighted by Gasteiger charge is -2.25. The van der Waals surface area contributed by atoms with Gasteiger partial charge in [-0.2, -0.15) is 21.0 Å². The SMILES string of the molecule is N#Cc1ccc(-c2cc(-c3ccc(-c4ccc(-c5cc(C#N)c(-n6c7ccccc7c7cc(N(c8ccccc8)c8ccccc8)ccc76)c(C#N)c5)cc4)cc3)nc(-c3ccc(C#N)cc3)n2)cc1. The normalized spacial score (nSPS) is 10.8. The lowest BCUT2D eigenvalue weighted by molar-refractivity contribution is 1.15. The molecular weight excluding hydrogens is 857 g/mol. The quantitative estimate of drug-likeness (QED) is 0.141. The first-order chi connectivity index (χ1) is 34.5. The summed E-state index contributed by atoms with van der Waals surface area (Å²) in [7, 11) is 0. The van der Waals surface area contributed by atoms with E-state index < -0.39 is 0 Å². The van der Waals surface area contributed by atoms with Crippen LogP contribution < -0.4 is 4.90 Å². The number of nitrogens with zero attached hydrogens (tertiary/aromatic N) is 8. The molecule has 2 heterocycles. The summed E-state index contributed by atoms with van der Waals surface area (Å²) in [6.45, 7) is 0. The van der Waals surface area contributed by atoms with Crippen molar-refractivity contribution in [2.75, 3.05) is 4.90 Å². The number of aromatic nitrogens is 3. The number of benzene rings is 9. The first kappa shape index (κ1) is 42.3. The second kappa shape index (κ2) is 18.1.